The normalized spacial score (nSPS) is 10.7. The van der Waals surface area contributed by atoms with E-state index in [0.717, 1.165) is 28.1 Å². The molecule has 2 N–H and O–H groups in total. The molecule has 0 fully saturated rings. The lowest BCUT2D eigenvalue weighted by Crippen LogP contribution is -1.99. The van der Waals surface area contributed by atoms with E-state index in [0.29, 0.717) is 5.82 Å². The van der Waals surface area contributed by atoms with Crippen molar-refractivity contribution in [2.45, 2.75) is 20.8 Å². The predicted octanol–water partition coefficient (Wildman–Crippen LogP) is 2.60. The SMILES string of the molecule is COc1c(C)c(C)cc(C)c1-c1cc(N)n(C)n1. The second-order valence-electron chi connectivity index (χ2n) is 4.62. The van der Waals surface area contributed by atoms with Gasteiger partial charge >= 0.3 is 0 Å². The molecule has 4 nitrogen and oxygen atoms in total. The van der Waals surface area contributed by atoms with Gasteiger partial charge in [-0.3, -0.25) is 4.68 Å². The van der Waals surface area contributed by atoms with Crippen molar-refractivity contribution in [2.24, 2.45) is 7.05 Å². The topological polar surface area (TPSA) is 53.1 Å². The van der Waals surface area contributed by atoms with E-state index < -0.39 is 0 Å². The second-order valence-corrected chi connectivity index (χ2v) is 4.62. The van der Waals surface area contributed by atoms with Gasteiger partial charge in [-0.1, -0.05) is 6.07 Å². The molecule has 2 aromatic rings. The number of hydrogen-bond donors (Lipinski definition) is 1. The molecule has 0 atom stereocenters. The van der Waals surface area contributed by atoms with Crippen molar-refractivity contribution in [2.75, 3.05) is 12.8 Å². The molecule has 0 aliphatic heterocycles. The Balaban J connectivity index is 2.74. The van der Waals surface area contributed by atoms with Gasteiger partial charge in [0.15, 0.2) is 0 Å². The van der Waals surface area contributed by atoms with Crippen LogP contribution in [0.1, 0.15) is 16.7 Å². The highest BCUT2D eigenvalue weighted by Gasteiger charge is 2.17. The van der Waals surface area contributed by atoms with Gasteiger partial charge in [0.25, 0.3) is 0 Å². The first-order chi connectivity index (χ1) is 8.45. The van der Waals surface area contributed by atoms with Gasteiger partial charge in [0, 0.05) is 18.7 Å². The van der Waals surface area contributed by atoms with Crippen molar-refractivity contribution >= 4 is 5.82 Å². The van der Waals surface area contributed by atoms with Crippen LogP contribution < -0.4 is 10.5 Å². The van der Waals surface area contributed by atoms with E-state index in [9.17, 15) is 0 Å². The maximum atomic E-state index is 5.85. The van der Waals surface area contributed by atoms with Crippen LogP contribution in [0.3, 0.4) is 0 Å². The molecule has 1 heterocycles. The number of anilines is 1. The van der Waals surface area contributed by atoms with Crippen molar-refractivity contribution in [3.63, 3.8) is 0 Å². The van der Waals surface area contributed by atoms with Gasteiger partial charge in [-0.05, 0) is 37.5 Å². The molecule has 0 bridgehead atoms. The molecule has 0 spiro atoms. The average molecular weight is 245 g/mol. The summed E-state index contributed by atoms with van der Waals surface area (Å²) >= 11 is 0. The minimum Gasteiger partial charge on any atom is -0.496 e. The Bertz CT molecular complexity index is 580. The van der Waals surface area contributed by atoms with Crippen molar-refractivity contribution < 1.29 is 4.74 Å². The third-order valence-corrected chi connectivity index (χ3v) is 3.36. The second kappa shape index (κ2) is 4.37. The third kappa shape index (κ3) is 1.83. The number of aromatic nitrogens is 2. The molecule has 0 unspecified atom stereocenters. The number of hydrogen-bond acceptors (Lipinski definition) is 3. The molecule has 0 amide bonds. The van der Waals surface area contributed by atoms with Gasteiger partial charge in [-0.15, -0.1) is 0 Å². The zero-order valence-corrected chi connectivity index (χ0v) is 11.5. The molecule has 1 aromatic carbocycles. The molecule has 0 radical (unpaired) electrons. The van der Waals surface area contributed by atoms with Gasteiger partial charge in [0.2, 0.25) is 0 Å². The largest absolute Gasteiger partial charge is 0.496 e. The van der Waals surface area contributed by atoms with Gasteiger partial charge < -0.3 is 10.5 Å². The van der Waals surface area contributed by atoms with Gasteiger partial charge in [0.1, 0.15) is 11.6 Å². The van der Waals surface area contributed by atoms with Gasteiger partial charge in [-0.25, -0.2) is 0 Å². The first-order valence-corrected chi connectivity index (χ1v) is 5.90. The number of ether oxygens (including phenoxy) is 1. The Morgan fingerprint density at radius 2 is 1.83 bits per heavy atom. The van der Waals surface area contributed by atoms with Crippen LogP contribution in [0.4, 0.5) is 5.82 Å². The monoisotopic (exact) mass is 245 g/mol. The highest BCUT2D eigenvalue weighted by Crippen LogP contribution is 2.37. The number of aryl methyl sites for hydroxylation is 3. The molecular weight excluding hydrogens is 226 g/mol. The molecule has 2 rings (SSSR count). The van der Waals surface area contributed by atoms with E-state index in [1.807, 2.05) is 13.1 Å². The van der Waals surface area contributed by atoms with E-state index in [1.54, 1.807) is 11.8 Å². The number of benzene rings is 1. The molecule has 0 saturated heterocycles. The highest BCUT2D eigenvalue weighted by atomic mass is 16.5. The van der Waals surface area contributed by atoms with Gasteiger partial charge in [0.05, 0.1) is 12.8 Å². The minimum atomic E-state index is 0.643. The summed E-state index contributed by atoms with van der Waals surface area (Å²) in [6, 6.07) is 4.03. The maximum Gasteiger partial charge on any atom is 0.131 e. The summed E-state index contributed by atoms with van der Waals surface area (Å²) in [6.07, 6.45) is 0. The van der Waals surface area contributed by atoms with Crippen LogP contribution in [0.25, 0.3) is 11.3 Å². The van der Waals surface area contributed by atoms with Crippen LogP contribution in [0.5, 0.6) is 5.75 Å². The predicted molar refractivity (Wildman–Crippen MR) is 73.8 cm³/mol. The number of nitrogens with zero attached hydrogens (tertiary/aromatic N) is 2. The van der Waals surface area contributed by atoms with Crippen LogP contribution in [0, 0.1) is 20.8 Å². The summed E-state index contributed by atoms with van der Waals surface area (Å²) in [5.41, 5.74) is 11.2. The molecule has 4 heteroatoms. The van der Waals surface area contributed by atoms with Crippen LogP contribution >= 0.6 is 0 Å². The number of nitrogens with two attached hydrogens (primary N) is 1. The van der Waals surface area contributed by atoms with Crippen LogP contribution in [-0.4, -0.2) is 16.9 Å². The summed E-state index contributed by atoms with van der Waals surface area (Å²) in [7, 11) is 3.53. The number of rotatable bonds is 2. The third-order valence-electron chi connectivity index (χ3n) is 3.36. The maximum absolute atomic E-state index is 5.85. The van der Waals surface area contributed by atoms with E-state index in [-0.39, 0.29) is 0 Å². The number of nitrogen functional groups attached to an aromatic ring is 1. The fourth-order valence-electron chi connectivity index (χ4n) is 2.23. The van der Waals surface area contributed by atoms with Crippen LogP contribution in [0.2, 0.25) is 0 Å². The molecule has 0 aliphatic rings. The first-order valence-electron chi connectivity index (χ1n) is 5.90. The van der Waals surface area contributed by atoms with Crippen molar-refractivity contribution in [3.8, 4) is 17.0 Å². The van der Waals surface area contributed by atoms with E-state index in [4.69, 9.17) is 10.5 Å². The summed E-state index contributed by atoms with van der Waals surface area (Å²) < 4.78 is 7.22. The lowest BCUT2D eigenvalue weighted by Gasteiger charge is -2.15. The Morgan fingerprint density at radius 3 is 2.33 bits per heavy atom. The summed E-state index contributed by atoms with van der Waals surface area (Å²) in [5, 5.41) is 4.43. The van der Waals surface area contributed by atoms with Crippen LogP contribution in [0.15, 0.2) is 12.1 Å². The quantitative estimate of drug-likeness (QED) is 0.884. The Labute approximate surface area is 107 Å². The first kappa shape index (κ1) is 12.5. The molecule has 18 heavy (non-hydrogen) atoms. The number of methoxy groups -OCH3 is 1. The van der Waals surface area contributed by atoms with Crippen molar-refractivity contribution in [3.05, 3.63) is 28.8 Å². The zero-order chi connectivity index (χ0) is 13.4. The fourth-order valence-corrected chi connectivity index (χ4v) is 2.23. The zero-order valence-electron chi connectivity index (χ0n) is 11.5. The molecular formula is C14H19N3O. The van der Waals surface area contributed by atoms with Crippen molar-refractivity contribution in [1.29, 1.82) is 0 Å². The Morgan fingerprint density at radius 1 is 1.17 bits per heavy atom. The van der Waals surface area contributed by atoms with Gasteiger partial charge in [-0.2, -0.15) is 5.10 Å². The fraction of sp³-hybridized carbons (Fsp3) is 0.357. The Kier molecular flexibility index (Phi) is 3.03. The molecule has 0 aliphatic carbocycles. The molecule has 96 valence electrons. The van der Waals surface area contributed by atoms with Crippen molar-refractivity contribution in [1.82, 2.24) is 9.78 Å². The van der Waals surface area contributed by atoms with E-state index in [1.165, 1.54) is 5.56 Å². The smallest absolute Gasteiger partial charge is 0.131 e. The van der Waals surface area contributed by atoms with E-state index in [2.05, 4.69) is 31.9 Å². The highest BCUT2D eigenvalue weighted by molar-refractivity contribution is 5.75. The lowest BCUT2D eigenvalue weighted by molar-refractivity contribution is 0.412. The minimum absolute atomic E-state index is 0.643. The lowest BCUT2D eigenvalue weighted by atomic mass is 9.97. The average Bonchev–Trinajstić information content (AvgIpc) is 2.63. The Hall–Kier alpha value is -1.97. The summed E-state index contributed by atoms with van der Waals surface area (Å²) in [6.45, 7) is 6.21. The molecule has 0 saturated carbocycles. The van der Waals surface area contributed by atoms with Crippen LogP contribution in [-0.2, 0) is 7.05 Å². The molecule has 1 aromatic heterocycles. The summed E-state index contributed by atoms with van der Waals surface area (Å²) in [5.74, 6) is 1.52. The van der Waals surface area contributed by atoms with E-state index >= 15 is 0 Å². The standard InChI is InChI=1S/C14H19N3O/c1-8-6-9(2)13(14(18-5)10(8)3)11-7-12(15)17(4)16-11/h6-7H,15H2,1-5H3. The summed E-state index contributed by atoms with van der Waals surface area (Å²) in [4.78, 5) is 0.